The van der Waals surface area contributed by atoms with Gasteiger partial charge in [0.15, 0.2) is 0 Å². The van der Waals surface area contributed by atoms with Crippen LogP contribution >= 0.6 is 0 Å². The molecule has 0 aliphatic carbocycles. The predicted octanol–water partition coefficient (Wildman–Crippen LogP) is 5.83. The summed E-state index contributed by atoms with van der Waals surface area (Å²) in [5, 5.41) is 0. The quantitative estimate of drug-likeness (QED) is 0.243. The van der Waals surface area contributed by atoms with Crippen LogP contribution in [0.4, 0.5) is 17.1 Å². The minimum Gasteiger partial charge on any atom is -0.457 e. The number of carbonyl (C=O) groups excluding carboxylic acids is 1. The summed E-state index contributed by atoms with van der Waals surface area (Å²) in [4.78, 5) is 13.4. The summed E-state index contributed by atoms with van der Waals surface area (Å²) < 4.78 is 10.7. The minimum atomic E-state index is -0.428. The van der Waals surface area contributed by atoms with Crippen LogP contribution in [-0.4, -0.2) is 25.3 Å². The topological polar surface area (TPSA) is 38.8 Å². The Balaban J connectivity index is 1.62. The molecule has 0 fully saturated rings. The monoisotopic (exact) mass is 401 g/mol. The SMILES string of the molecule is C=CC(=O)OC(C)COCCc1ccc(N(c2ccccc2)c2ccccc2)cc1. The lowest BCUT2D eigenvalue weighted by atomic mass is 10.1. The number of ether oxygens (including phenoxy) is 2. The van der Waals surface area contributed by atoms with Gasteiger partial charge in [-0.3, -0.25) is 0 Å². The van der Waals surface area contributed by atoms with Gasteiger partial charge in [-0.15, -0.1) is 0 Å². The maximum Gasteiger partial charge on any atom is 0.330 e. The van der Waals surface area contributed by atoms with Crippen LogP contribution in [0.15, 0.2) is 97.6 Å². The van der Waals surface area contributed by atoms with Gasteiger partial charge in [-0.25, -0.2) is 4.79 Å². The highest BCUT2D eigenvalue weighted by Gasteiger charge is 2.11. The molecule has 1 unspecified atom stereocenters. The van der Waals surface area contributed by atoms with Crippen molar-refractivity contribution < 1.29 is 14.3 Å². The van der Waals surface area contributed by atoms with Crippen molar-refractivity contribution >= 4 is 23.0 Å². The van der Waals surface area contributed by atoms with Gasteiger partial charge < -0.3 is 14.4 Å². The molecule has 0 aliphatic heterocycles. The van der Waals surface area contributed by atoms with Crippen LogP contribution in [0.3, 0.4) is 0 Å². The number of esters is 1. The molecule has 0 amide bonds. The van der Waals surface area contributed by atoms with E-state index < -0.39 is 5.97 Å². The Bertz CT molecular complexity index is 884. The summed E-state index contributed by atoms with van der Waals surface area (Å²) in [7, 11) is 0. The molecule has 0 aromatic heterocycles. The molecule has 0 bridgehead atoms. The number of nitrogens with zero attached hydrogens (tertiary/aromatic N) is 1. The van der Waals surface area contributed by atoms with E-state index in [-0.39, 0.29) is 6.10 Å². The van der Waals surface area contributed by atoms with Gasteiger partial charge >= 0.3 is 5.97 Å². The summed E-state index contributed by atoms with van der Waals surface area (Å²) >= 11 is 0. The van der Waals surface area contributed by atoms with E-state index in [2.05, 4.69) is 60.0 Å². The Hall–Kier alpha value is -3.37. The number of rotatable bonds is 10. The molecular weight excluding hydrogens is 374 g/mol. The van der Waals surface area contributed by atoms with Crippen molar-refractivity contribution in [1.29, 1.82) is 0 Å². The third-order valence-corrected chi connectivity index (χ3v) is 4.59. The number of hydrogen-bond acceptors (Lipinski definition) is 4. The molecule has 1 atom stereocenters. The zero-order chi connectivity index (χ0) is 21.2. The average molecular weight is 402 g/mol. The number of anilines is 3. The highest BCUT2D eigenvalue weighted by Crippen LogP contribution is 2.34. The van der Waals surface area contributed by atoms with Gasteiger partial charge in [0.25, 0.3) is 0 Å². The first kappa shape index (κ1) is 21.3. The summed E-state index contributed by atoms with van der Waals surface area (Å²) in [6.07, 6.45) is 1.66. The van der Waals surface area contributed by atoms with Crippen molar-refractivity contribution in [2.24, 2.45) is 0 Å². The van der Waals surface area contributed by atoms with E-state index in [9.17, 15) is 4.79 Å². The Morgan fingerprint density at radius 2 is 1.43 bits per heavy atom. The van der Waals surface area contributed by atoms with Gasteiger partial charge in [-0.2, -0.15) is 0 Å². The van der Waals surface area contributed by atoms with Crippen LogP contribution in [-0.2, 0) is 20.7 Å². The highest BCUT2D eigenvalue weighted by atomic mass is 16.6. The maximum atomic E-state index is 11.2. The summed E-state index contributed by atoms with van der Waals surface area (Å²) in [6.45, 7) is 6.13. The Morgan fingerprint density at radius 1 is 0.900 bits per heavy atom. The molecule has 0 saturated carbocycles. The van der Waals surface area contributed by atoms with Crippen molar-refractivity contribution in [2.45, 2.75) is 19.4 Å². The molecule has 0 heterocycles. The molecule has 3 aromatic carbocycles. The van der Waals surface area contributed by atoms with Crippen LogP contribution in [0.1, 0.15) is 12.5 Å². The second-order valence-corrected chi connectivity index (χ2v) is 6.95. The maximum absolute atomic E-state index is 11.2. The first-order valence-corrected chi connectivity index (χ1v) is 10.1. The average Bonchev–Trinajstić information content (AvgIpc) is 2.79. The van der Waals surface area contributed by atoms with Crippen molar-refractivity contribution in [3.05, 3.63) is 103 Å². The molecule has 0 saturated heterocycles. The molecule has 30 heavy (non-hydrogen) atoms. The fourth-order valence-electron chi connectivity index (χ4n) is 3.13. The van der Waals surface area contributed by atoms with E-state index in [1.54, 1.807) is 6.92 Å². The summed E-state index contributed by atoms with van der Waals surface area (Å²) in [5.41, 5.74) is 4.52. The van der Waals surface area contributed by atoms with Crippen molar-refractivity contribution in [1.82, 2.24) is 0 Å². The number of carbonyl (C=O) groups is 1. The van der Waals surface area contributed by atoms with Crippen LogP contribution in [0.2, 0.25) is 0 Å². The van der Waals surface area contributed by atoms with Gasteiger partial charge in [0.1, 0.15) is 6.10 Å². The van der Waals surface area contributed by atoms with Gasteiger partial charge in [-0.1, -0.05) is 55.1 Å². The zero-order valence-corrected chi connectivity index (χ0v) is 17.2. The summed E-state index contributed by atoms with van der Waals surface area (Å²) in [6, 6.07) is 29.2. The molecule has 3 aromatic rings. The van der Waals surface area contributed by atoms with Gasteiger partial charge in [-0.05, 0) is 55.3 Å². The molecule has 0 radical (unpaired) electrons. The van der Waals surface area contributed by atoms with Crippen molar-refractivity contribution in [3.63, 3.8) is 0 Å². The van der Waals surface area contributed by atoms with Gasteiger partial charge in [0.05, 0.1) is 13.2 Å². The lowest BCUT2D eigenvalue weighted by Crippen LogP contribution is -2.19. The van der Waals surface area contributed by atoms with Crippen LogP contribution < -0.4 is 4.90 Å². The van der Waals surface area contributed by atoms with E-state index in [4.69, 9.17) is 9.47 Å². The smallest absolute Gasteiger partial charge is 0.330 e. The fourth-order valence-corrected chi connectivity index (χ4v) is 3.13. The largest absolute Gasteiger partial charge is 0.457 e. The van der Waals surface area contributed by atoms with Crippen molar-refractivity contribution in [2.75, 3.05) is 18.1 Å². The van der Waals surface area contributed by atoms with Gasteiger partial charge in [0, 0.05) is 23.1 Å². The second kappa shape index (κ2) is 11.0. The predicted molar refractivity (Wildman–Crippen MR) is 121 cm³/mol. The third-order valence-electron chi connectivity index (χ3n) is 4.59. The first-order chi connectivity index (χ1) is 14.7. The molecular formula is C26H27NO3. The molecule has 4 nitrogen and oxygen atoms in total. The number of benzene rings is 3. The Labute approximate surface area is 178 Å². The molecule has 0 spiro atoms. The van der Waals surface area contributed by atoms with E-state index >= 15 is 0 Å². The zero-order valence-electron chi connectivity index (χ0n) is 17.2. The normalized spacial score (nSPS) is 11.5. The second-order valence-electron chi connectivity index (χ2n) is 6.95. The fraction of sp³-hybridized carbons (Fsp3) is 0.192. The van der Waals surface area contributed by atoms with Gasteiger partial charge in [0.2, 0.25) is 0 Å². The van der Waals surface area contributed by atoms with E-state index in [0.717, 1.165) is 29.6 Å². The van der Waals surface area contributed by atoms with Crippen molar-refractivity contribution in [3.8, 4) is 0 Å². The minimum absolute atomic E-state index is 0.289. The molecule has 154 valence electrons. The highest BCUT2D eigenvalue weighted by molar-refractivity contribution is 5.81. The number of para-hydroxylation sites is 2. The summed E-state index contributed by atoms with van der Waals surface area (Å²) in [5.74, 6) is -0.428. The Morgan fingerprint density at radius 3 is 1.97 bits per heavy atom. The molecule has 0 aliphatic rings. The Kier molecular flexibility index (Phi) is 7.81. The lowest BCUT2D eigenvalue weighted by molar-refractivity contribution is -0.144. The third kappa shape index (κ3) is 6.06. The molecule has 3 rings (SSSR count). The lowest BCUT2D eigenvalue weighted by Gasteiger charge is -2.25. The first-order valence-electron chi connectivity index (χ1n) is 10.1. The van der Waals surface area contributed by atoms with E-state index in [1.165, 1.54) is 5.56 Å². The number of hydrogen-bond donors (Lipinski definition) is 0. The standard InChI is InChI=1S/C26H27NO3/c1-3-26(28)30-21(2)20-29-19-18-22-14-16-25(17-15-22)27(23-10-6-4-7-11-23)24-12-8-5-9-13-24/h3-17,21H,1,18-20H2,2H3. The van der Waals surface area contributed by atoms with Crippen LogP contribution in [0, 0.1) is 0 Å². The molecule has 4 heteroatoms. The van der Waals surface area contributed by atoms with Crippen LogP contribution in [0.25, 0.3) is 0 Å². The molecule has 0 N–H and O–H groups in total. The van der Waals surface area contributed by atoms with Crippen LogP contribution in [0.5, 0.6) is 0 Å². The van der Waals surface area contributed by atoms with E-state index in [1.807, 2.05) is 36.4 Å². The van der Waals surface area contributed by atoms with E-state index in [0.29, 0.717) is 13.2 Å².